The third-order valence-corrected chi connectivity index (χ3v) is 5.53. The van der Waals surface area contributed by atoms with Crippen molar-refractivity contribution in [3.8, 4) is 17.3 Å². The molecule has 10 heteroatoms. The second-order valence-corrected chi connectivity index (χ2v) is 8.10. The van der Waals surface area contributed by atoms with Gasteiger partial charge in [0.2, 0.25) is 11.8 Å². The molecule has 2 atom stereocenters. The number of amides is 2. The maximum atomic E-state index is 12.9. The number of morpholine rings is 1. The molecule has 0 radical (unpaired) electrons. The Bertz CT molecular complexity index is 1050. The number of aromatic nitrogens is 3. The quantitative estimate of drug-likeness (QED) is 0.702. The summed E-state index contributed by atoms with van der Waals surface area (Å²) in [7, 11) is 0. The van der Waals surface area contributed by atoms with Gasteiger partial charge in [0.25, 0.3) is 0 Å². The highest BCUT2D eigenvalue weighted by molar-refractivity contribution is 5.93. The molecule has 0 bridgehead atoms. The molecule has 0 aromatic carbocycles. The molecule has 2 amide bonds. The van der Waals surface area contributed by atoms with E-state index in [2.05, 4.69) is 31.7 Å². The molecule has 2 aromatic heterocycles. The van der Waals surface area contributed by atoms with Gasteiger partial charge in [-0.15, -0.1) is 0 Å². The Morgan fingerprint density at radius 1 is 1.25 bits per heavy atom. The van der Waals surface area contributed by atoms with E-state index in [-0.39, 0.29) is 29.5 Å². The van der Waals surface area contributed by atoms with Crippen molar-refractivity contribution in [2.24, 2.45) is 5.92 Å². The smallest absolute Gasteiger partial charge is 0.245 e. The van der Waals surface area contributed by atoms with Crippen molar-refractivity contribution < 1.29 is 14.3 Å². The number of nitriles is 1. The number of carbonyl (C=O) groups is 2. The Morgan fingerprint density at radius 2 is 2.06 bits per heavy atom. The van der Waals surface area contributed by atoms with Crippen LogP contribution >= 0.6 is 0 Å². The number of anilines is 2. The van der Waals surface area contributed by atoms with Crippen LogP contribution in [0.25, 0.3) is 11.3 Å². The fourth-order valence-corrected chi connectivity index (χ4v) is 3.52. The Kier molecular flexibility index (Phi) is 6.28. The van der Waals surface area contributed by atoms with Crippen LogP contribution in [0.1, 0.15) is 32.4 Å². The van der Waals surface area contributed by atoms with Crippen LogP contribution in [-0.2, 0) is 14.3 Å². The van der Waals surface area contributed by atoms with Crippen LogP contribution in [0.15, 0.2) is 24.7 Å². The molecule has 166 valence electrons. The second-order valence-electron chi connectivity index (χ2n) is 8.10. The van der Waals surface area contributed by atoms with Gasteiger partial charge < -0.3 is 20.3 Å². The molecule has 2 N–H and O–H groups in total. The molecular weight excluding hydrogens is 410 g/mol. The predicted octanol–water partition coefficient (Wildman–Crippen LogP) is 1.81. The summed E-state index contributed by atoms with van der Waals surface area (Å²) >= 11 is 0. The van der Waals surface area contributed by atoms with Crippen LogP contribution in [0.2, 0.25) is 0 Å². The van der Waals surface area contributed by atoms with Gasteiger partial charge in [-0.2, -0.15) is 5.26 Å². The lowest BCUT2D eigenvalue weighted by molar-refractivity contribution is -0.139. The maximum Gasteiger partial charge on any atom is 0.245 e. The average molecular weight is 435 g/mol. The highest BCUT2D eigenvalue weighted by atomic mass is 16.5. The van der Waals surface area contributed by atoms with Gasteiger partial charge in [-0.25, -0.2) is 9.97 Å². The van der Waals surface area contributed by atoms with E-state index >= 15 is 0 Å². The molecule has 1 saturated carbocycles. The van der Waals surface area contributed by atoms with Gasteiger partial charge >= 0.3 is 0 Å². The first-order valence-corrected chi connectivity index (χ1v) is 10.6. The first kappa shape index (κ1) is 21.6. The zero-order valence-corrected chi connectivity index (χ0v) is 18.0. The minimum atomic E-state index is -0.550. The average Bonchev–Trinajstić information content (AvgIpc) is 3.65. The molecule has 1 saturated heterocycles. The van der Waals surface area contributed by atoms with E-state index in [1.165, 1.54) is 12.4 Å². The lowest BCUT2D eigenvalue weighted by Crippen LogP contribution is -2.51. The van der Waals surface area contributed by atoms with E-state index in [9.17, 15) is 14.9 Å². The van der Waals surface area contributed by atoms with Crippen molar-refractivity contribution in [1.82, 2.24) is 19.9 Å². The molecule has 1 unspecified atom stereocenters. The zero-order chi connectivity index (χ0) is 22.7. The van der Waals surface area contributed by atoms with E-state index in [4.69, 9.17) is 4.74 Å². The van der Waals surface area contributed by atoms with Gasteiger partial charge in [0.15, 0.2) is 11.5 Å². The zero-order valence-electron chi connectivity index (χ0n) is 18.0. The van der Waals surface area contributed by atoms with Crippen molar-refractivity contribution in [2.75, 3.05) is 30.4 Å². The second kappa shape index (κ2) is 9.28. The molecule has 2 aliphatic rings. The van der Waals surface area contributed by atoms with Gasteiger partial charge in [0.1, 0.15) is 12.1 Å². The molecule has 2 fully saturated rings. The topological polar surface area (TPSA) is 133 Å². The molecule has 0 spiro atoms. The Labute approximate surface area is 186 Å². The molecule has 2 aromatic rings. The van der Waals surface area contributed by atoms with Crippen molar-refractivity contribution >= 4 is 23.3 Å². The minimum Gasteiger partial charge on any atom is -0.377 e. The van der Waals surface area contributed by atoms with Crippen molar-refractivity contribution in [3.05, 3.63) is 30.4 Å². The number of hydrogen-bond acceptors (Lipinski definition) is 8. The van der Waals surface area contributed by atoms with Gasteiger partial charge in [-0.1, -0.05) is 0 Å². The lowest BCUT2D eigenvalue weighted by Gasteiger charge is -2.35. The third-order valence-electron chi connectivity index (χ3n) is 5.53. The summed E-state index contributed by atoms with van der Waals surface area (Å²) < 4.78 is 5.40. The molecule has 4 rings (SSSR count). The van der Waals surface area contributed by atoms with Crippen molar-refractivity contribution in [1.29, 1.82) is 5.26 Å². The Balaban J connectivity index is 1.49. The highest BCUT2D eigenvalue weighted by Crippen LogP contribution is 2.30. The number of nitrogens with zero attached hydrogens (tertiary/aromatic N) is 5. The molecule has 1 aliphatic heterocycles. The predicted molar refractivity (Wildman–Crippen MR) is 116 cm³/mol. The monoisotopic (exact) mass is 435 g/mol. The number of ether oxygens (including phenoxy) is 1. The Hall–Kier alpha value is -3.58. The van der Waals surface area contributed by atoms with E-state index in [1.54, 1.807) is 24.1 Å². The first-order valence-electron chi connectivity index (χ1n) is 10.6. The van der Waals surface area contributed by atoms with Crippen LogP contribution in [-0.4, -0.2) is 63.5 Å². The highest BCUT2D eigenvalue weighted by Gasteiger charge is 2.30. The largest absolute Gasteiger partial charge is 0.377 e. The molecular formula is C22H25N7O3. The summed E-state index contributed by atoms with van der Waals surface area (Å²) in [5.74, 6) is 0.375. The van der Waals surface area contributed by atoms with Gasteiger partial charge in [0, 0.05) is 24.2 Å². The van der Waals surface area contributed by atoms with E-state index in [0.717, 1.165) is 12.8 Å². The van der Waals surface area contributed by atoms with Gasteiger partial charge in [-0.3, -0.25) is 14.6 Å². The third kappa shape index (κ3) is 4.84. The van der Waals surface area contributed by atoms with Crippen LogP contribution in [0.4, 0.5) is 11.5 Å². The number of nitrogens with one attached hydrogen (secondary N) is 2. The fourth-order valence-electron chi connectivity index (χ4n) is 3.52. The minimum absolute atomic E-state index is 0.00501. The normalized spacial score (nSPS) is 19.0. The van der Waals surface area contributed by atoms with Crippen LogP contribution < -0.4 is 10.6 Å². The van der Waals surface area contributed by atoms with Crippen molar-refractivity contribution in [3.63, 3.8) is 0 Å². The van der Waals surface area contributed by atoms with Crippen LogP contribution in [0.5, 0.6) is 0 Å². The maximum absolute atomic E-state index is 12.9. The van der Waals surface area contributed by atoms with E-state index in [1.807, 2.05) is 6.92 Å². The van der Waals surface area contributed by atoms with E-state index in [0.29, 0.717) is 42.5 Å². The molecule has 1 aliphatic carbocycles. The number of pyridine rings is 1. The van der Waals surface area contributed by atoms with Crippen LogP contribution in [0.3, 0.4) is 0 Å². The standard InChI is InChI=1S/C22H25N7O3/c1-13-12-32-6-5-29(13)22(31)14(2)27-17-7-16(9-24-18(17)8-23)19-10-26-20(11-25-19)28-21(30)15-3-4-15/h7,9-11,13-15,27H,3-6,12H2,1-2H3,(H,26,28,30)/t13-,14?/m0/s1. The van der Waals surface area contributed by atoms with Gasteiger partial charge in [0.05, 0.1) is 43.0 Å². The molecule has 3 heterocycles. The lowest BCUT2D eigenvalue weighted by atomic mass is 10.1. The molecule has 10 nitrogen and oxygen atoms in total. The van der Waals surface area contributed by atoms with Crippen molar-refractivity contribution in [2.45, 2.75) is 38.8 Å². The molecule has 32 heavy (non-hydrogen) atoms. The summed E-state index contributed by atoms with van der Waals surface area (Å²) in [4.78, 5) is 39.4. The summed E-state index contributed by atoms with van der Waals surface area (Å²) in [6.07, 6.45) is 6.39. The summed E-state index contributed by atoms with van der Waals surface area (Å²) in [6.45, 7) is 5.26. The van der Waals surface area contributed by atoms with Gasteiger partial charge in [-0.05, 0) is 32.8 Å². The summed E-state index contributed by atoms with van der Waals surface area (Å²) in [6, 6.07) is 3.22. The SMILES string of the molecule is CC(Nc1cc(-c2cnc(NC(=O)C3CC3)cn2)cnc1C#N)C(=O)N1CCOC[C@@H]1C. The summed E-state index contributed by atoms with van der Waals surface area (Å²) in [5, 5.41) is 15.3. The number of hydrogen-bond donors (Lipinski definition) is 2. The fraction of sp³-hybridized carbons (Fsp3) is 0.455. The van der Waals surface area contributed by atoms with Crippen LogP contribution in [0, 0.1) is 17.2 Å². The number of carbonyl (C=O) groups excluding carboxylic acids is 2. The van der Waals surface area contributed by atoms with E-state index < -0.39 is 6.04 Å². The summed E-state index contributed by atoms with van der Waals surface area (Å²) in [5.41, 5.74) is 1.80. The number of rotatable bonds is 6. The Morgan fingerprint density at radius 3 is 2.72 bits per heavy atom. The first-order chi connectivity index (χ1) is 15.5.